The number of benzene rings is 2. The normalized spacial score (nSPS) is 11.6. The van der Waals surface area contributed by atoms with Gasteiger partial charge >= 0.3 is 6.18 Å². The number of alkyl halides is 3. The first-order valence-electron chi connectivity index (χ1n) is 8.11. The maximum Gasteiger partial charge on any atom is 0.419 e. The summed E-state index contributed by atoms with van der Waals surface area (Å²) in [5.74, 6) is -1.58. The zero-order valence-corrected chi connectivity index (χ0v) is 14.3. The van der Waals surface area contributed by atoms with Crippen molar-refractivity contribution in [2.24, 2.45) is 0 Å². The van der Waals surface area contributed by atoms with Crippen LogP contribution in [-0.2, 0) is 17.4 Å². The summed E-state index contributed by atoms with van der Waals surface area (Å²) >= 11 is 0. The van der Waals surface area contributed by atoms with Crippen molar-refractivity contribution in [1.29, 1.82) is 0 Å². The number of rotatable bonds is 5. The first-order chi connectivity index (χ1) is 12.7. The lowest BCUT2D eigenvalue weighted by Crippen LogP contribution is -2.09. The monoisotopic (exact) mass is 380 g/mol. The fourth-order valence-corrected chi connectivity index (χ4v) is 2.71. The van der Waals surface area contributed by atoms with Crippen LogP contribution in [0.3, 0.4) is 0 Å². The summed E-state index contributed by atoms with van der Waals surface area (Å²) in [6, 6.07) is 8.12. The number of carbonyl (C=O) groups excluding carboxylic acids is 1. The Hall–Kier alpha value is -3.03. The summed E-state index contributed by atoms with van der Waals surface area (Å²) < 4.78 is 56.8. The lowest BCUT2D eigenvalue weighted by Gasteiger charge is -2.11. The molecule has 1 amide bonds. The third-order valence-corrected chi connectivity index (χ3v) is 3.96. The highest BCUT2D eigenvalue weighted by atomic mass is 19.4. The van der Waals surface area contributed by atoms with Crippen molar-refractivity contribution in [3.05, 3.63) is 59.5 Å². The van der Waals surface area contributed by atoms with Crippen LogP contribution in [0.15, 0.2) is 42.6 Å². The van der Waals surface area contributed by atoms with E-state index in [1.807, 2.05) is 18.2 Å². The summed E-state index contributed by atoms with van der Waals surface area (Å²) in [6.07, 6.45) is -2.66. The number of hydrogen-bond donors (Lipinski definition) is 2. The number of nitrogens with one attached hydrogen (secondary N) is 2. The van der Waals surface area contributed by atoms with Crippen LogP contribution < -0.4 is 10.1 Å². The summed E-state index contributed by atoms with van der Waals surface area (Å²) in [5.41, 5.74) is 1.02. The van der Waals surface area contributed by atoms with Crippen molar-refractivity contribution in [3.8, 4) is 5.75 Å². The second-order valence-corrected chi connectivity index (χ2v) is 6.00. The van der Waals surface area contributed by atoms with Gasteiger partial charge in [-0.15, -0.1) is 0 Å². The maximum absolute atomic E-state index is 13.3. The average molecular weight is 380 g/mol. The number of aromatic nitrogens is 1. The van der Waals surface area contributed by atoms with Crippen LogP contribution in [0, 0.1) is 5.82 Å². The molecule has 0 radical (unpaired) electrons. The second kappa shape index (κ2) is 7.30. The van der Waals surface area contributed by atoms with Crippen LogP contribution in [-0.4, -0.2) is 17.5 Å². The minimum atomic E-state index is -4.77. The molecule has 3 rings (SSSR count). The Morgan fingerprint density at radius 1 is 1.19 bits per heavy atom. The van der Waals surface area contributed by atoms with E-state index in [-0.39, 0.29) is 18.3 Å². The van der Waals surface area contributed by atoms with Crippen LogP contribution in [0.1, 0.15) is 18.1 Å². The highest BCUT2D eigenvalue weighted by Gasteiger charge is 2.34. The van der Waals surface area contributed by atoms with E-state index in [0.717, 1.165) is 28.6 Å². The Kier molecular flexibility index (Phi) is 5.07. The van der Waals surface area contributed by atoms with Gasteiger partial charge in [0.25, 0.3) is 0 Å². The van der Waals surface area contributed by atoms with Gasteiger partial charge in [0.15, 0.2) is 0 Å². The van der Waals surface area contributed by atoms with Gasteiger partial charge in [-0.25, -0.2) is 4.39 Å². The molecule has 0 spiro atoms. The number of ether oxygens (including phenoxy) is 1. The SMILES string of the molecule is CC(=O)Nc1c[nH]c2ccc(CCOc3ccc(F)c(C(F)(F)F)c3)cc12. The standard InChI is InChI=1S/C19H16F4N2O2/c1-11(26)25-18-10-24-17-5-2-12(8-14(17)18)6-7-27-13-3-4-16(20)15(9-13)19(21,22)23/h2-5,8-10,24H,6-7H2,1H3,(H,25,26). The molecule has 0 unspecified atom stereocenters. The van der Waals surface area contributed by atoms with Gasteiger partial charge in [-0.3, -0.25) is 4.79 Å². The molecular weight excluding hydrogens is 364 g/mol. The van der Waals surface area contributed by atoms with Gasteiger partial charge in [-0.1, -0.05) is 6.07 Å². The van der Waals surface area contributed by atoms with Crippen molar-refractivity contribution >= 4 is 22.5 Å². The molecule has 0 saturated heterocycles. The molecule has 2 aromatic carbocycles. The Morgan fingerprint density at radius 2 is 1.96 bits per heavy atom. The van der Waals surface area contributed by atoms with E-state index in [4.69, 9.17) is 4.74 Å². The van der Waals surface area contributed by atoms with Gasteiger partial charge in [-0.05, 0) is 35.9 Å². The van der Waals surface area contributed by atoms with Gasteiger partial charge in [0, 0.05) is 30.4 Å². The maximum atomic E-state index is 13.3. The lowest BCUT2D eigenvalue weighted by molar-refractivity contribution is -0.140. The van der Waals surface area contributed by atoms with Crippen LogP contribution in [0.25, 0.3) is 10.9 Å². The average Bonchev–Trinajstić information content (AvgIpc) is 2.97. The van der Waals surface area contributed by atoms with Crippen molar-refractivity contribution < 1.29 is 27.1 Å². The summed E-state index contributed by atoms with van der Waals surface area (Å²) in [6.45, 7) is 1.53. The number of anilines is 1. The molecule has 0 fully saturated rings. The van der Waals surface area contributed by atoms with Crippen molar-refractivity contribution in [2.45, 2.75) is 19.5 Å². The van der Waals surface area contributed by atoms with Crippen molar-refractivity contribution in [2.75, 3.05) is 11.9 Å². The zero-order chi connectivity index (χ0) is 19.6. The third kappa shape index (κ3) is 4.39. The molecular formula is C19H16F4N2O2. The van der Waals surface area contributed by atoms with Crippen molar-refractivity contribution in [3.63, 3.8) is 0 Å². The Bertz CT molecular complexity index is 979. The summed E-state index contributed by atoms with van der Waals surface area (Å²) in [4.78, 5) is 14.3. The van der Waals surface area contributed by atoms with E-state index in [1.54, 1.807) is 6.20 Å². The van der Waals surface area contributed by atoms with Gasteiger partial charge in [0.05, 0.1) is 17.9 Å². The molecule has 0 aliphatic carbocycles. The Morgan fingerprint density at radius 3 is 2.67 bits per heavy atom. The Labute approximate surface area is 152 Å². The molecule has 1 aromatic heterocycles. The molecule has 8 heteroatoms. The molecule has 3 aromatic rings. The van der Waals surface area contributed by atoms with E-state index in [1.165, 1.54) is 6.92 Å². The molecule has 0 bridgehead atoms. The first-order valence-corrected chi connectivity index (χ1v) is 8.11. The van der Waals surface area contributed by atoms with E-state index >= 15 is 0 Å². The van der Waals surface area contributed by atoms with E-state index in [0.29, 0.717) is 18.2 Å². The van der Waals surface area contributed by atoms with E-state index in [2.05, 4.69) is 10.3 Å². The molecule has 0 aliphatic rings. The van der Waals surface area contributed by atoms with Gasteiger partial charge in [-0.2, -0.15) is 13.2 Å². The fraction of sp³-hybridized carbons (Fsp3) is 0.211. The number of halogens is 4. The van der Waals surface area contributed by atoms with Crippen LogP contribution in [0.2, 0.25) is 0 Å². The molecule has 2 N–H and O–H groups in total. The highest BCUT2D eigenvalue weighted by Crippen LogP contribution is 2.33. The van der Waals surface area contributed by atoms with Crippen LogP contribution >= 0.6 is 0 Å². The highest BCUT2D eigenvalue weighted by molar-refractivity contribution is 6.01. The van der Waals surface area contributed by atoms with Gasteiger partial charge in [0.1, 0.15) is 11.6 Å². The van der Waals surface area contributed by atoms with Crippen LogP contribution in [0.4, 0.5) is 23.2 Å². The smallest absolute Gasteiger partial charge is 0.419 e. The molecule has 0 aliphatic heterocycles. The molecule has 1 heterocycles. The Balaban J connectivity index is 1.69. The van der Waals surface area contributed by atoms with Crippen LogP contribution in [0.5, 0.6) is 5.75 Å². The van der Waals surface area contributed by atoms with Gasteiger partial charge < -0.3 is 15.0 Å². The lowest BCUT2D eigenvalue weighted by atomic mass is 10.1. The summed E-state index contributed by atoms with van der Waals surface area (Å²) in [5, 5.41) is 3.54. The number of H-pyrrole nitrogens is 1. The fourth-order valence-electron chi connectivity index (χ4n) is 2.71. The third-order valence-electron chi connectivity index (χ3n) is 3.96. The number of aromatic amines is 1. The largest absolute Gasteiger partial charge is 0.493 e. The predicted molar refractivity (Wildman–Crippen MR) is 93.2 cm³/mol. The number of hydrogen-bond acceptors (Lipinski definition) is 2. The molecule has 0 atom stereocenters. The summed E-state index contributed by atoms with van der Waals surface area (Å²) in [7, 11) is 0. The second-order valence-electron chi connectivity index (χ2n) is 6.00. The minimum absolute atomic E-state index is 0.0506. The number of fused-ring (bicyclic) bond motifs is 1. The van der Waals surface area contributed by atoms with Gasteiger partial charge in [0.2, 0.25) is 5.91 Å². The van der Waals surface area contributed by atoms with E-state index in [9.17, 15) is 22.4 Å². The topological polar surface area (TPSA) is 54.1 Å². The zero-order valence-electron chi connectivity index (χ0n) is 14.3. The molecule has 142 valence electrons. The first kappa shape index (κ1) is 18.8. The quantitative estimate of drug-likeness (QED) is 0.618. The molecule has 27 heavy (non-hydrogen) atoms. The predicted octanol–water partition coefficient (Wildman–Crippen LogP) is 4.91. The number of carbonyl (C=O) groups is 1. The number of amides is 1. The van der Waals surface area contributed by atoms with Crippen molar-refractivity contribution in [1.82, 2.24) is 4.98 Å². The molecule has 0 saturated carbocycles. The van der Waals surface area contributed by atoms with E-state index < -0.39 is 17.6 Å². The molecule has 4 nitrogen and oxygen atoms in total. The minimum Gasteiger partial charge on any atom is -0.493 e.